The number of nitrogens with one attached hydrogen (secondary N) is 1. The predicted molar refractivity (Wildman–Crippen MR) is 77.3 cm³/mol. The Labute approximate surface area is 118 Å². The molecule has 4 nitrogen and oxygen atoms in total. The van der Waals surface area contributed by atoms with Gasteiger partial charge in [-0.1, -0.05) is 18.2 Å². The van der Waals surface area contributed by atoms with Crippen LogP contribution in [0.5, 0.6) is 0 Å². The molecule has 0 aliphatic carbocycles. The lowest BCUT2D eigenvalue weighted by Gasteiger charge is -2.05. The van der Waals surface area contributed by atoms with Gasteiger partial charge in [0.2, 0.25) is 5.91 Å². The maximum atomic E-state index is 11.5. The Morgan fingerprint density at radius 3 is 2.79 bits per heavy atom. The monoisotopic (exact) mass is 283 g/mol. The number of hydrogen-bond acceptors (Lipinski definition) is 4. The number of carbonyl (C=O) groups is 1. The van der Waals surface area contributed by atoms with E-state index in [1.807, 2.05) is 30.3 Å². The first kappa shape index (κ1) is 16.0. The molecule has 19 heavy (non-hydrogen) atoms. The van der Waals surface area contributed by atoms with E-state index in [-0.39, 0.29) is 12.5 Å². The van der Waals surface area contributed by atoms with Crippen LogP contribution in [-0.4, -0.2) is 43.1 Å². The van der Waals surface area contributed by atoms with Crippen LogP contribution in [0.15, 0.2) is 35.2 Å². The summed E-state index contributed by atoms with van der Waals surface area (Å²) in [6.45, 7) is 1.60. The molecule has 1 rings (SSSR count). The van der Waals surface area contributed by atoms with Crippen molar-refractivity contribution >= 4 is 17.7 Å². The second kappa shape index (κ2) is 10.8. The smallest absolute Gasteiger partial charge is 0.220 e. The fourth-order valence-electron chi connectivity index (χ4n) is 1.44. The molecule has 0 saturated carbocycles. The lowest BCUT2D eigenvalue weighted by atomic mass is 10.4. The van der Waals surface area contributed by atoms with Gasteiger partial charge in [0.1, 0.15) is 0 Å². The molecule has 1 amide bonds. The summed E-state index contributed by atoms with van der Waals surface area (Å²) in [7, 11) is 0. The summed E-state index contributed by atoms with van der Waals surface area (Å²) in [5.41, 5.74) is 0. The first-order valence-corrected chi connectivity index (χ1v) is 7.44. The van der Waals surface area contributed by atoms with Gasteiger partial charge in [-0.3, -0.25) is 4.79 Å². The van der Waals surface area contributed by atoms with E-state index in [1.165, 1.54) is 4.90 Å². The van der Waals surface area contributed by atoms with Gasteiger partial charge in [-0.25, -0.2) is 0 Å². The van der Waals surface area contributed by atoms with Crippen LogP contribution in [-0.2, 0) is 9.53 Å². The van der Waals surface area contributed by atoms with Crippen molar-refractivity contribution < 1.29 is 14.6 Å². The highest BCUT2D eigenvalue weighted by Gasteiger charge is 2.01. The minimum Gasteiger partial charge on any atom is -0.394 e. The zero-order chi connectivity index (χ0) is 13.8. The summed E-state index contributed by atoms with van der Waals surface area (Å²) in [4.78, 5) is 12.7. The van der Waals surface area contributed by atoms with Gasteiger partial charge in [0.25, 0.3) is 0 Å². The Morgan fingerprint density at radius 2 is 2.05 bits per heavy atom. The van der Waals surface area contributed by atoms with E-state index < -0.39 is 0 Å². The van der Waals surface area contributed by atoms with Gasteiger partial charge in [-0.05, 0) is 18.6 Å². The molecule has 0 atom stereocenters. The van der Waals surface area contributed by atoms with E-state index in [2.05, 4.69) is 5.32 Å². The van der Waals surface area contributed by atoms with Crippen molar-refractivity contribution in [1.29, 1.82) is 0 Å². The number of ether oxygens (including phenoxy) is 1. The summed E-state index contributed by atoms with van der Waals surface area (Å²) in [5.74, 6) is 0.863. The van der Waals surface area contributed by atoms with Crippen molar-refractivity contribution in [2.45, 2.75) is 17.7 Å². The van der Waals surface area contributed by atoms with Crippen molar-refractivity contribution in [2.24, 2.45) is 0 Å². The molecule has 1 aromatic rings. The Balaban J connectivity index is 1.96. The Kier molecular flexibility index (Phi) is 9.14. The molecule has 0 saturated heterocycles. The highest BCUT2D eigenvalue weighted by molar-refractivity contribution is 7.99. The molecule has 0 spiro atoms. The fraction of sp³-hybridized carbons (Fsp3) is 0.500. The standard InChI is InChI=1S/C14H21NO3S/c16-9-11-18-10-4-8-15-14(17)7-12-19-13-5-2-1-3-6-13/h1-3,5-6,16H,4,7-12H2,(H,15,17). The molecule has 5 heteroatoms. The number of benzene rings is 1. The van der Waals surface area contributed by atoms with Gasteiger partial charge in [-0.2, -0.15) is 0 Å². The SMILES string of the molecule is O=C(CCSc1ccccc1)NCCCOCCO. The summed E-state index contributed by atoms with van der Waals surface area (Å²) in [5, 5.41) is 11.4. The van der Waals surface area contributed by atoms with E-state index in [1.54, 1.807) is 11.8 Å². The van der Waals surface area contributed by atoms with Crippen molar-refractivity contribution in [3.8, 4) is 0 Å². The van der Waals surface area contributed by atoms with Crippen LogP contribution in [0, 0.1) is 0 Å². The normalized spacial score (nSPS) is 10.4. The lowest BCUT2D eigenvalue weighted by molar-refractivity contribution is -0.120. The maximum Gasteiger partial charge on any atom is 0.220 e. The number of rotatable bonds is 10. The highest BCUT2D eigenvalue weighted by Crippen LogP contribution is 2.17. The van der Waals surface area contributed by atoms with E-state index >= 15 is 0 Å². The number of aliphatic hydroxyl groups is 1. The third-order valence-corrected chi connectivity index (χ3v) is 3.38. The summed E-state index contributed by atoms with van der Waals surface area (Å²) < 4.78 is 5.10. The largest absolute Gasteiger partial charge is 0.394 e. The highest BCUT2D eigenvalue weighted by atomic mass is 32.2. The number of carbonyl (C=O) groups excluding carboxylic acids is 1. The number of amides is 1. The molecule has 106 valence electrons. The number of thioether (sulfide) groups is 1. The van der Waals surface area contributed by atoms with E-state index in [9.17, 15) is 4.79 Å². The molecule has 0 aromatic heterocycles. The van der Waals surface area contributed by atoms with Crippen LogP contribution in [0.3, 0.4) is 0 Å². The van der Waals surface area contributed by atoms with Crippen molar-refractivity contribution in [3.63, 3.8) is 0 Å². The first-order chi connectivity index (χ1) is 9.33. The van der Waals surface area contributed by atoms with Crippen LogP contribution in [0.25, 0.3) is 0 Å². The van der Waals surface area contributed by atoms with Gasteiger partial charge in [0.05, 0.1) is 13.2 Å². The third-order valence-electron chi connectivity index (χ3n) is 2.36. The average molecular weight is 283 g/mol. The zero-order valence-electron chi connectivity index (χ0n) is 11.0. The molecule has 0 aliphatic heterocycles. The first-order valence-electron chi connectivity index (χ1n) is 6.46. The van der Waals surface area contributed by atoms with Crippen LogP contribution in [0.4, 0.5) is 0 Å². The van der Waals surface area contributed by atoms with Gasteiger partial charge < -0.3 is 15.2 Å². The lowest BCUT2D eigenvalue weighted by Crippen LogP contribution is -2.25. The van der Waals surface area contributed by atoms with Crippen LogP contribution >= 0.6 is 11.8 Å². The Morgan fingerprint density at radius 1 is 1.26 bits per heavy atom. The molecular formula is C14H21NO3S. The molecule has 0 aliphatic rings. The quantitative estimate of drug-likeness (QED) is 0.507. The molecule has 0 radical (unpaired) electrons. The second-order valence-corrected chi connectivity index (χ2v) is 5.12. The second-order valence-electron chi connectivity index (χ2n) is 3.95. The van der Waals surface area contributed by atoms with Crippen molar-refractivity contribution in [1.82, 2.24) is 5.32 Å². The molecule has 1 aromatic carbocycles. The van der Waals surface area contributed by atoms with E-state index in [0.29, 0.717) is 26.2 Å². The zero-order valence-corrected chi connectivity index (χ0v) is 11.8. The molecular weight excluding hydrogens is 262 g/mol. The Bertz CT molecular complexity index is 346. The fourth-order valence-corrected chi connectivity index (χ4v) is 2.31. The molecule has 0 heterocycles. The molecule has 0 bridgehead atoms. The number of aliphatic hydroxyl groups excluding tert-OH is 1. The molecule has 0 fully saturated rings. The predicted octanol–water partition coefficient (Wildman–Crippen LogP) is 1.68. The summed E-state index contributed by atoms with van der Waals surface area (Å²) in [6.07, 6.45) is 1.30. The third kappa shape index (κ3) is 8.64. The average Bonchev–Trinajstić information content (AvgIpc) is 2.44. The van der Waals surface area contributed by atoms with Crippen LogP contribution in [0.2, 0.25) is 0 Å². The summed E-state index contributed by atoms with van der Waals surface area (Å²) >= 11 is 1.69. The van der Waals surface area contributed by atoms with Crippen LogP contribution in [0.1, 0.15) is 12.8 Å². The molecule has 2 N–H and O–H groups in total. The van der Waals surface area contributed by atoms with Gasteiger partial charge in [0, 0.05) is 30.2 Å². The Hall–Kier alpha value is -1.04. The van der Waals surface area contributed by atoms with Gasteiger partial charge in [0.15, 0.2) is 0 Å². The topological polar surface area (TPSA) is 58.6 Å². The molecule has 0 unspecified atom stereocenters. The van der Waals surface area contributed by atoms with E-state index in [0.717, 1.165) is 12.2 Å². The number of hydrogen-bond donors (Lipinski definition) is 2. The van der Waals surface area contributed by atoms with Gasteiger partial charge >= 0.3 is 0 Å². The van der Waals surface area contributed by atoms with Crippen molar-refractivity contribution in [2.75, 3.05) is 32.1 Å². The van der Waals surface area contributed by atoms with E-state index in [4.69, 9.17) is 9.84 Å². The van der Waals surface area contributed by atoms with Gasteiger partial charge in [-0.15, -0.1) is 11.8 Å². The van der Waals surface area contributed by atoms with Crippen molar-refractivity contribution in [3.05, 3.63) is 30.3 Å². The maximum absolute atomic E-state index is 11.5. The minimum atomic E-state index is 0.0447. The summed E-state index contributed by atoms with van der Waals surface area (Å²) in [6, 6.07) is 10.1. The minimum absolute atomic E-state index is 0.0447. The van der Waals surface area contributed by atoms with Crippen LogP contribution < -0.4 is 5.32 Å².